The van der Waals surface area contributed by atoms with Crippen LogP contribution in [0, 0.1) is 6.92 Å². The van der Waals surface area contributed by atoms with Crippen LogP contribution in [0.3, 0.4) is 0 Å². The molecule has 0 aliphatic carbocycles. The third-order valence-electron chi connectivity index (χ3n) is 1.47. The van der Waals surface area contributed by atoms with Gasteiger partial charge in [0.25, 0.3) is 0 Å². The Labute approximate surface area is 113 Å². The van der Waals surface area contributed by atoms with Crippen LogP contribution in [0.5, 0.6) is 5.75 Å². The molecule has 8 heteroatoms. The lowest BCUT2D eigenvalue weighted by Gasteiger charge is -1.97. The molecule has 0 fully saturated rings. The molecule has 0 amide bonds. The van der Waals surface area contributed by atoms with Crippen LogP contribution in [0.2, 0.25) is 0 Å². The Bertz CT molecular complexity index is 380. The fraction of sp³-hybridized carbons (Fsp3) is 0.400. The molecule has 0 spiro atoms. The zero-order valence-electron chi connectivity index (χ0n) is 10.8. The molecule has 1 heterocycles. The molecule has 0 unspecified atom stereocenters. The Morgan fingerprint density at radius 2 is 1.44 bits per heavy atom. The number of benzene rings is 1. The number of hydrogen-bond acceptors (Lipinski definition) is 5. The van der Waals surface area contributed by atoms with Crippen molar-refractivity contribution in [2.45, 2.75) is 6.92 Å². The maximum absolute atomic E-state index is 5.00. The van der Waals surface area contributed by atoms with Crippen LogP contribution in [0.1, 0.15) is 5.56 Å². The topological polar surface area (TPSA) is 57.1 Å². The van der Waals surface area contributed by atoms with Gasteiger partial charge in [0.05, 0.1) is 7.11 Å². The zero-order chi connectivity index (χ0) is 13.6. The molecule has 2 aromatic rings. The van der Waals surface area contributed by atoms with E-state index in [0.29, 0.717) is 0 Å². The molecule has 0 saturated carbocycles. The summed E-state index contributed by atoms with van der Waals surface area (Å²) in [5, 5.41) is 0. The summed E-state index contributed by atoms with van der Waals surface area (Å²) < 4.78 is 20.6. The normalized spacial score (nSPS) is 9.56. The summed E-state index contributed by atoms with van der Waals surface area (Å²) in [6.07, 6.45) is 0. The summed E-state index contributed by atoms with van der Waals surface area (Å²) >= 11 is 0. The van der Waals surface area contributed by atoms with Crippen molar-refractivity contribution in [2.24, 2.45) is 0 Å². The molecule has 18 heavy (non-hydrogen) atoms. The second kappa shape index (κ2) is 12.7. The number of ether oxygens (including phenoxy) is 2. The summed E-state index contributed by atoms with van der Waals surface area (Å²) in [5.41, 5.74) is 1.23. The molecular formula is C10H16N3O2P3. The monoisotopic (exact) mass is 303 g/mol. The van der Waals surface area contributed by atoms with Gasteiger partial charge in [0.15, 0.2) is 25.5 Å². The van der Waals surface area contributed by atoms with Crippen molar-refractivity contribution in [2.75, 3.05) is 21.3 Å². The van der Waals surface area contributed by atoms with E-state index in [-0.39, 0.29) is 0 Å². The van der Waals surface area contributed by atoms with Crippen molar-refractivity contribution in [1.82, 2.24) is 13.5 Å². The van der Waals surface area contributed by atoms with Gasteiger partial charge in [-0.25, -0.2) is 0 Å². The van der Waals surface area contributed by atoms with Gasteiger partial charge in [0.2, 0.25) is 0 Å². The largest absolute Gasteiger partial charge is 0.497 e. The molecule has 0 atom stereocenters. The first-order valence-electron chi connectivity index (χ1n) is 4.95. The number of rotatable bonds is 1. The van der Waals surface area contributed by atoms with E-state index in [1.54, 1.807) is 21.3 Å². The zero-order valence-corrected chi connectivity index (χ0v) is 13.5. The van der Waals surface area contributed by atoms with Crippen molar-refractivity contribution in [3.8, 4) is 5.75 Å². The number of methoxy groups -OCH3 is 2. The molecule has 0 aliphatic rings. The lowest BCUT2D eigenvalue weighted by atomic mass is 10.2. The van der Waals surface area contributed by atoms with Crippen molar-refractivity contribution in [1.29, 1.82) is 0 Å². The van der Waals surface area contributed by atoms with Gasteiger partial charge in [-0.2, -0.15) is 13.5 Å². The van der Waals surface area contributed by atoms with Crippen LogP contribution >= 0.6 is 25.5 Å². The van der Waals surface area contributed by atoms with Crippen LogP contribution in [0.25, 0.3) is 0 Å². The van der Waals surface area contributed by atoms with E-state index in [4.69, 9.17) is 4.74 Å². The minimum atomic E-state index is 0.830. The summed E-state index contributed by atoms with van der Waals surface area (Å²) in [6.45, 7) is 2.04. The fourth-order valence-electron chi connectivity index (χ4n) is 0.850. The first-order valence-corrected chi connectivity index (χ1v) is 7.35. The average Bonchev–Trinajstić information content (AvgIpc) is 2.42. The van der Waals surface area contributed by atoms with Gasteiger partial charge in [-0.05, 0) is 24.6 Å². The van der Waals surface area contributed by atoms with E-state index in [0.717, 1.165) is 31.3 Å². The van der Waals surface area contributed by atoms with E-state index in [1.165, 1.54) is 5.56 Å². The standard InChI is InChI=1S/C8H10O.C2H6O.N3P3/c1-7-4-3-5-8(6-7)9-2;1-3-2;1-4-2-6-3-5-1/h3-6H,1-2H3;1-2H3;. The maximum Gasteiger partial charge on any atom is 0.166 e. The van der Waals surface area contributed by atoms with Gasteiger partial charge < -0.3 is 9.47 Å². The number of aromatic nitrogens is 3. The minimum absolute atomic E-state index is 0.830. The van der Waals surface area contributed by atoms with Gasteiger partial charge in [-0.15, -0.1) is 0 Å². The highest BCUT2D eigenvalue weighted by molar-refractivity contribution is 7.43. The van der Waals surface area contributed by atoms with E-state index >= 15 is 0 Å². The molecule has 0 N–H and O–H groups in total. The molecule has 1 aromatic heterocycles. The molecule has 5 nitrogen and oxygen atoms in total. The average molecular weight is 303 g/mol. The predicted molar refractivity (Wildman–Crippen MR) is 78.0 cm³/mol. The lowest BCUT2D eigenvalue weighted by Crippen LogP contribution is -1.81. The summed E-state index contributed by atoms with van der Waals surface area (Å²) in [7, 11) is 7.41. The summed E-state index contributed by atoms with van der Waals surface area (Å²) in [5.74, 6) is 0.926. The third-order valence-corrected chi connectivity index (χ3v) is 3.39. The minimum Gasteiger partial charge on any atom is -0.497 e. The third kappa shape index (κ3) is 10.4. The summed E-state index contributed by atoms with van der Waals surface area (Å²) in [6, 6.07) is 7.96. The van der Waals surface area contributed by atoms with Crippen LogP contribution < -0.4 is 4.74 Å². The molecule has 1 aromatic carbocycles. The molecule has 0 saturated heterocycles. The first-order chi connectivity index (χ1) is 8.74. The fourth-order valence-corrected chi connectivity index (χ4v) is 2.67. The highest BCUT2D eigenvalue weighted by Crippen LogP contribution is 2.10. The molecule has 0 radical (unpaired) electrons. The second-order valence-corrected chi connectivity index (χ2v) is 5.65. The van der Waals surface area contributed by atoms with E-state index in [9.17, 15) is 0 Å². The van der Waals surface area contributed by atoms with Crippen LogP contribution in [-0.4, -0.2) is 34.9 Å². The molecule has 0 aliphatic heterocycles. The smallest absolute Gasteiger partial charge is 0.166 e. The van der Waals surface area contributed by atoms with Crippen molar-refractivity contribution < 1.29 is 9.47 Å². The first kappa shape index (κ1) is 17.3. The van der Waals surface area contributed by atoms with Crippen molar-refractivity contribution >= 4 is 25.5 Å². The van der Waals surface area contributed by atoms with E-state index in [1.807, 2.05) is 31.2 Å². The van der Waals surface area contributed by atoms with Crippen molar-refractivity contribution in [3.05, 3.63) is 29.8 Å². The van der Waals surface area contributed by atoms with E-state index in [2.05, 4.69) is 18.3 Å². The lowest BCUT2D eigenvalue weighted by molar-refractivity contribution is 0.277. The Morgan fingerprint density at radius 1 is 0.944 bits per heavy atom. The quantitative estimate of drug-likeness (QED) is 0.800. The molecule has 98 valence electrons. The second-order valence-electron chi connectivity index (χ2n) is 2.97. The van der Waals surface area contributed by atoms with Crippen LogP contribution in [0.15, 0.2) is 24.3 Å². The van der Waals surface area contributed by atoms with Gasteiger partial charge in [-0.3, -0.25) is 0 Å². The number of nitrogens with zero attached hydrogens (tertiary/aromatic N) is 3. The van der Waals surface area contributed by atoms with Gasteiger partial charge >= 0.3 is 0 Å². The van der Waals surface area contributed by atoms with Crippen LogP contribution in [0.4, 0.5) is 0 Å². The summed E-state index contributed by atoms with van der Waals surface area (Å²) in [4.78, 5) is 0. The Kier molecular flexibility index (Phi) is 12.2. The highest BCUT2D eigenvalue weighted by atomic mass is 31.1. The molecular weight excluding hydrogens is 287 g/mol. The number of hydrogen-bond donors (Lipinski definition) is 0. The van der Waals surface area contributed by atoms with Gasteiger partial charge in [0, 0.05) is 14.2 Å². The van der Waals surface area contributed by atoms with Gasteiger partial charge in [0.1, 0.15) is 5.75 Å². The Balaban J connectivity index is 0.000000278. The molecule has 2 rings (SSSR count). The highest BCUT2D eigenvalue weighted by Gasteiger charge is 1.86. The van der Waals surface area contributed by atoms with Gasteiger partial charge in [-0.1, -0.05) is 12.1 Å². The van der Waals surface area contributed by atoms with E-state index < -0.39 is 0 Å². The Morgan fingerprint density at radius 3 is 1.72 bits per heavy atom. The predicted octanol–water partition coefficient (Wildman–Crippen LogP) is 3.88. The molecule has 0 bridgehead atoms. The maximum atomic E-state index is 5.00. The number of aryl methyl sites for hydroxylation is 1. The van der Waals surface area contributed by atoms with Crippen molar-refractivity contribution in [3.63, 3.8) is 0 Å². The van der Waals surface area contributed by atoms with Crippen LogP contribution in [-0.2, 0) is 4.74 Å². The Hall–Kier alpha value is -0.720. The SMILES string of the molecule is COC.COc1cccc(C)c1.n1pnpnp1.